The third kappa shape index (κ3) is 0.944. The van der Waals surface area contributed by atoms with E-state index in [0.29, 0.717) is 11.3 Å². The molecular formula is C10H19NO. The van der Waals surface area contributed by atoms with Gasteiger partial charge in [0, 0.05) is 6.04 Å². The number of hydrogen-bond donors (Lipinski definition) is 2. The van der Waals surface area contributed by atoms with Crippen LogP contribution >= 0.6 is 0 Å². The summed E-state index contributed by atoms with van der Waals surface area (Å²) in [6.45, 7) is 6.45. The van der Waals surface area contributed by atoms with Crippen molar-refractivity contribution in [2.24, 2.45) is 23.0 Å². The smallest absolute Gasteiger partial charge is 0.0773 e. The van der Waals surface area contributed by atoms with E-state index in [1.807, 2.05) is 6.92 Å². The molecule has 0 aromatic heterocycles. The van der Waals surface area contributed by atoms with Gasteiger partial charge < -0.3 is 10.8 Å². The van der Waals surface area contributed by atoms with E-state index in [0.717, 1.165) is 18.8 Å². The van der Waals surface area contributed by atoms with Crippen LogP contribution in [0.1, 0.15) is 33.6 Å². The van der Waals surface area contributed by atoms with Crippen LogP contribution in [0, 0.1) is 17.3 Å². The highest BCUT2D eigenvalue weighted by Gasteiger charge is 2.63. The number of fused-ring (bicyclic) bond motifs is 1. The van der Waals surface area contributed by atoms with Crippen molar-refractivity contribution in [3.8, 4) is 0 Å². The molecule has 2 unspecified atom stereocenters. The minimum Gasteiger partial charge on any atom is -0.389 e. The van der Waals surface area contributed by atoms with Gasteiger partial charge in [-0.1, -0.05) is 13.8 Å². The van der Waals surface area contributed by atoms with Gasteiger partial charge in [0.05, 0.1) is 5.60 Å². The molecule has 12 heavy (non-hydrogen) atoms. The average molecular weight is 169 g/mol. The Balaban J connectivity index is 2.14. The SMILES string of the molecule is CC1(O)C[C@H]2[C@@H](CC1N)C2(C)C. The van der Waals surface area contributed by atoms with Gasteiger partial charge in [-0.05, 0) is 37.0 Å². The van der Waals surface area contributed by atoms with Crippen molar-refractivity contribution in [2.75, 3.05) is 0 Å². The number of nitrogens with two attached hydrogens (primary N) is 1. The lowest BCUT2D eigenvalue weighted by Crippen LogP contribution is -2.48. The molecule has 0 saturated heterocycles. The molecule has 2 aliphatic rings. The molecule has 0 amide bonds. The number of aliphatic hydroxyl groups is 1. The molecule has 3 N–H and O–H groups in total. The third-order valence-electron chi connectivity index (χ3n) is 4.23. The Hall–Kier alpha value is -0.0800. The first-order valence-corrected chi connectivity index (χ1v) is 4.83. The Morgan fingerprint density at radius 3 is 2.33 bits per heavy atom. The van der Waals surface area contributed by atoms with E-state index in [1.54, 1.807) is 0 Å². The summed E-state index contributed by atoms with van der Waals surface area (Å²) in [5.74, 6) is 1.49. The van der Waals surface area contributed by atoms with Crippen molar-refractivity contribution in [3.05, 3.63) is 0 Å². The fourth-order valence-corrected chi connectivity index (χ4v) is 2.85. The highest BCUT2D eigenvalue weighted by molar-refractivity contribution is 5.13. The zero-order valence-electron chi connectivity index (χ0n) is 8.17. The van der Waals surface area contributed by atoms with Crippen molar-refractivity contribution >= 4 is 0 Å². The van der Waals surface area contributed by atoms with Crippen LogP contribution in [0.5, 0.6) is 0 Å². The fourth-order valence-electron chi connectivity index (χ4n) is 2.85. The molecule has 0 radical (unpaired) electrons. The van der Waals surface area contributed by atoms with E-state index in [2.05, 4.69) is 13.8 Å². The lowest BCUT2D eigenvalue weighted by Gasteiger charge is -2.33. The van der Waals surface area contributed by atoms with Crippen LogP contribution in [0.15, 0.2) is 0 Å². The Labute approximate surface area is 74.1 Å². The summed E-state index contributed by atoms with van der Waals surface area (Å²) < 4.78 is 0. The first-order valence-electron chi connectivity index (χ1n) is 4.83. The van der Waals surface area contributed by atoms with Crippen molar-refractivity contribution in [2.45, 2.75) is 45.3 Å². The molecule has 2 saturated carbocycles. The lowest BCUT2D eigenvalue weighted by molar-refractivity contribution is -0.000695. The number of hydrogen-bond acceptors (Lipinski definition) is 2. The zero-order chi connectivity index (χ0) is 9.15. The molecule has 2 rings (SSSR count). The quantitative estimate of drug-likeness (QED) is 0.571. The summed E-state index contributed by atoms with van der Waals surface area (Å²) in [6.07, 6.45) is 1.90. The predicted molar refractivity (Wildman–Crippen MR) is 48.6 cm³/mol. The molecule has 0 spiro atoms. The van der Waals surface area contributed by atoms with E-state index in [1.165, 1.54) is 0 Å². The van der Waals surface area contributed by atoms with Gasteiger partial charge in [0.1, 0.15) is 0 Å². The summed E-state index contributed by atoms with van der Waals surface area (Å²) in [4.78, 5) is 0. The summed E-state index contributed by atoms with van der Waals surface area (Å²) in [5.41, 5.74) is 5.73. The standard InChI is InChI=1S/C10H19NO/c1-9(2)6-4-8(11)10(3,12)5-7(6)9/h6-8,12H,4-5,11H2,1-3H3/t6-,7+,8?,10?/m1/s1. The largest absolute Gasteiger partial charge is 0.389 e. The maximum absolute atomic E-state index is 9.95. The first kappa shape index (κ1) is 8.52. The molecule has 70 valence electrons. The summed E-state index contributed by atoms with van der Waals surface area (Å²) in [7, 11) is 0. The summed E-state index contributed by atoms with van der Waals surface area (Å²) in [6, 6.07) is -0.0134. The van der Waals surface area contributed by atoms with Crippen LogP contribution < -0.4 is 5.73 Å². The highest BCUT2D eigenvalue weighted by atomic mass is 16.3. The van der Waals surface area contributed by atoms with Gasteiger partial charge in [-0.25, -0.2) is 0 Å². The van der Waals surface area contributed by atoms with Gasteiger partial charge in [-0.3, -0.25) is 0 Å². The molecule has 2 aliphatic carbocycles. The van der Waals surface area contributed by atoms with Crippen LogP contribution in [-0.4, -0.2) is 16.7 Å². The molecule has 2 heteroatoms. The second-order valence-corrected chi connectivity index (χ2v) is 5.44. The molecular weight excluding hydrogens is 150 g/mol. The van der Waals surface area contributed by atoms with Crippen LogP contribution in [0.4, 0.5) is 0 Å². The molecule has 2 nitrogen and oxygen atoms in total. The lowest BCUT2D eigenvalue weighted by atomic mass is 9.82. The average Bonchev–Trinajstić information content (AvgIpc) is 2.37. The van der Waals surface area contributed by atoms with E-state index < -0.39 is 5.60 Å². The Kier molecular flexibility index (Phi) is 1.45. The summed E-state index contributed by atoms with van der Waals surface area (Å²) in [5, 5.41) is 9.95. The zero-order valence-corrected chi connectivity index (χ0v) is 8.17. The maximum atomic E-state index is 9.95. The Morgan fingerprint density at radius 2 is 1.83 bits per heavy atom. The van der Waals surface area contributed by atoms with Gasteiger partial charge in [0.25, 0.3) is 0 Å². The van der Waals surface area contributed by atoms with Crippen LogP contribution in [0.3, 0.4) is 0 Å². The van der Waals surface area contributed by atoms with E-state index in [9.17, 15) is 5.11 Å². The molecule has 0 aliphatic heterocycles. The van der Waals surface area contributed by atoms with E-state index in [4.69, 9.17) is 5.73 Å². The van der Waals surface area contributed by atoms with Gasteiger partial charge >= 0.3 is 0 Å². The van der Waals surface area contributed by atoms with Gasteiger partial charge in [0.2, 0.25) is 0 Å². The number of rotatable bonds is 0. The second-order valence-electron chi connectivity index (χ2n) is 5.44. The third-order valence-corrected chi connectivity index (χ3v) is 4.23. The minimum absolute atomic E-state index is 0.0134. The molecule has 2 fully saturated rings. The molecule has 0 bridgehead atoms. The monoisotopic (exact) mass is 169 g/mol. The highest BCUT2D eigenvalue weighted by Crippen LogP contribution is 2.66. The van der Waals surface area contributed by atoms with Gasteiger partial charge in [-0.15, -0.1) is 0 Å². The first-order chi connectivity index (χ1) is 5.36. The molecule has 0 aromatic rings. The van der Waals surface area contributed by atoms with Crippen molar-refractivity contribution in [3.63, 3.8) is 0 Å². The van der Waals surface area contributed by atoms with Crippen LogP contribution in [0.25, 0.3) is 0 Å². The Bertz CT molecular complexity index is 210. The fraction of sp³-hybridized carbons (Fsp3) is 1.00. The van der Waals surface area contributed by atoms with E-state index >= 15 is 0 Å². The van der Waals surface area contributed by atoms with Crippen molar-refractivity contribution < 1.29 is 5.11 Å². The topological polar surface area (TPSA) is 46.2 Å². The van der Waals surface area contributed by atoms with Gasteiger partial charge in [0.15, 0.2) is 0 Å². The Morgan fingerprint density at radius 1 is 1.25 bits per heavy atom. The second kappa shape index (κ2) is 2.05. The van der Waals surface area contributed by atoms with Gasteiger partial charge in [-0.2, -0.15) is 0 Å². The van der Waals surface area contributed by atoms with Crippen LogP contribution in [0.2, 0.25) is 0 Å². The molecule has 0 aromatic carbocycles. The van der Waals surface area contributed by atoms with Crippen LogP contribution in [-0.2, 0) is 0 Å². The van der Waals surface area contributed by atoms with Crippen molar-refractivity contribution in [1.82, 2.24) is 0 Å². The minimum atomic E-state index is -0.616. The normalized spacial score (nSPS) is 56.2. The predicted octanol–water partition coefficient (Wildman–Crippen LogP) is 1.13. The molecule has 4 atom stereocenters. The van der Waals surface area contributed by atoms with Crippen molar-refractivity contribution in [1.29, 1.82) is 0 Å². The van der Waals surface area contributed by atoms with E-state index in [-0.39, 0.29) is 6.04 Å². The molecule has 0 heterocycles. The maximum Gasteiger partial charge on any atom is 0.0773 e. The summed E-state index contributed by atoms with van der Waals surface area (Å²) >= 11 is 0.